The van der Waals surface area contributed by atoms with E-state index >= 15 is 0 Å². The molecule has 6 nitrogen and oxygen atoms in total. The fourth-order valence-electron chi connectivity index (χ4n) is 2.20. The Balaban J connectivity index is 2.09. The first-order chi connectivity index (χ1) is 11.5. The van der Waals surface area contributed by atoms with Crippen molar-refractivity contribution in [2.24, 2.45) is 7.05 Å². The van der Waals surface area contributed by atoms with Crippen molar-refractivity contribution in [3.8, 4) is 11.5 Å². The number of aryl methyl sites for hydroxylation is 1. The predicted octanol–water partition coefficient (Wildman–Crippen LogP) is 3.22. The molecule has 0 aliphatic carbocycles. The second kappa shape index (κ2) is 8.19. The molecule has 2 rings (SSSR count). The van der Waals surface area contributed by atoms with E-state index in [0.717, 1.165) is 11.3 Å². The van der Waals surface area contributed by atoms with Gasteiger partial charge < -0.3 is 14.8 Å². The van der Waals surface area contributed by atoms with Crippen molar-refractivity contribution in [1.29, 1.82) is 0 Å². The fourth-order valence-corrected chi connectivity index (χ4v) is 2.71. The van der Waals surface area contributed by atoms with Crippen molar-refractivity contribution in [1.82, 2.24) is 15.1 Å². The van der Waals surface area contributed by atoms with E-state index in [0.29, 0.717) is 41.4 Å². The lowest BCUT2D eigenvalue weighted by molar-refractivity contribution is 0.0944. The van der Waals surface area contributed by atoms with Crippen LogP contribution in [0, 0.1) is 6.92 Å². The van der Waals surface area contributed by atoms with Crippen molar-refractivity contribution in [3.05, 3.63) is 39.6 Å². The highest BCUT2D eigenvalue weighted by molar-refractivity contribution is 9.10. The van der Waals surface area contributed by atoms with Crippen LogP contribution in [0.25, 0.3) is 0 Å². The van der Waals surface area contributed by atoms with E-state index in [1.54, 1.807) is 11.7 Å². The summed E-state index contributed by atoms with van der Waals surface area (Å²) in [6.45, 7) is 7.25. The molecule has 0 saturated carbocycles. The number of nitrogens with zero attached hydrogens (tertiary/aromatic N) is 2. The minimum atomic E-state index is -0.225. The van der Waals surface area contributed by atoms with Gasteiger partial charge in [0.05, 0.1) is 23.4 Å². The van der Waals surface area contributed by atoms with Crippen LogP contribution in [-0.2, 0) is 13.6 Å². The monoisotopic (exact) mass is 395 g/mol. The minimum Gasteiger partial charge on any atom is -0.490 e. The highest BCUT2D eigenvalue weighted by Gasteiger charge is 2.17. The van der Waals surface area contributed by atoms with Gasteiger partial charge in [-0.1, -0.05) is 6.07 Å². The van der Waals surface area contributed by atoms with E-state index < -0.39 is 0 Å². The van der Waals surface area contributed by atoms with Crippen LogP contribution in [0.15, 0.2) is 22.7 Å². The Hall–Kier alpha value is -2.02. The van der Waals surface area contributed by atoms with Crippen molar-refractivity contribution < 1.29 is 14.3 Å². The summed E-state index contributed by atoms with van der Waals surface area (Å²) in [6.07, 6.45) is 0. The summed E-state index contributed by atoms with van der Waals surface area (Å²) in [7, 11) is 1.80. The van der Waals surface area contributed by atoms with Gasteiger partial charge in [-0.05, 0) is 54.4 Å². The number of ether oxygens (including phenoxy) is 2. The lowest BCUT2D eigenvalue weighted by Gasteiger charge is -2.12. The van der Waals surface area contributed by atoms with Gasteiger partial charge in [0.15, 0.2) is 17.2 Å². The van der Waals surface area contributed by atoms with Crippen LogP contribution >= 0.6 is 15.9 Å². The maximum atomic E-state index is 12.3. The molecule has 7 heteroatoms. The van der Waals surface area contributed by atoms with Gasteiger partial charge in [0.1, 0.15) is 0 Å². The molecule has 0 aliphatic rings. The van der Waals surface area contributed by atoms with Crippen LogP contribution in [0.4, 0.5) is 0 Å². The van der Waals surface area contributed by atoms with Gasteiger partial charge in [-0.3, -0.25) is 9.48 Å². The van der Waals surface area contributed by atoms with Crippen LogP contribution in [0.1, 0.15) is 35.6 Å². The zero-order chi connectivity index (χ0) is 17.7. The van der Waals surface area contributed by atoms with E-state index in [9.17, 15) is 4.79 Å². The lowest BCUT2D eigenvalue weighted by Crippen LogP contribution is -2.23. The Morgan fingerprint density at radius 1 is 1.25 bits per heavy atom. The summed E-state index contributed by atoms with van der Waals surface area (Å²) >= 11 is 3.41. The predicted molar refractivity (Wildman–Crippen MR) is 95.6 cm³/mol. The number of benzene rings is 1. The zero-order valence-electron chi connectivity index (χ0n) is 14.4. The van der Waals surface area contributed by atoms with Gasteiger partial charge in [-0.2, -0.15) is 5.10 Å². The molecule has 0 radical (unpaired) electrons. The number of aromatic nitrogens is 2. The van der Waals surface area contributed by atoms with Crippen molar-refractivity contribution in [2.45, 2.75) is 27.3 Å². The smallest absolute Gasteiger partial charge is 0.273 e. The SMILES string of the molecule is CCOc1ccc(CNC(=O)c2nn(C)c(C)c2Br)cc1OCC. The van der Waals surface area contributed by atoms with Crippen LogP contribution in [0.5, 0.6) is 11.5 Å². The second-order valence-corrected chi connectivity index (χ2v) is 5.99. The van der Waals surface area contributed by atoms with Crippen LogP contribution in [0.2, 0.25) is 0 Å². The van der Waals surface area contributed by atoms with Crippen LogP contribution < -0.4 is 14.8 Å². The number of rotatable bonds is 7. The average Bonchev–Trinajstić information content (AvgIpc) is 2.82. The summed E-state index contributed by atoms with van der Waals surface area (Å²) in [4.78, 5) is 12.3. The molecule has 24 heavy (non-hydrogen) atoms. The maximum absolute atomic E-state index is 12.3. The maximum Gasteiger partial charge on any atom is 0.273 e. The first-order valence-electron chi connectivity index (χ1n) is 7.83. The third kappa shape index (κ3) is 4.08. The second-order valence-electron chi connectivity index (χ2n) is 5.20. The van der Waals surface area contributed by atoms with Gasteiger partial charge in [-0.25, -0.2) is 0 Å². The number of hydrogen-bond donors (Lipinski definition) is 1. The fraction of sp³-hybridized carbons (Fsp3) is 0.412. The quantitative estimate of drug-likeness (QED) is 0.781. The molecule has 1 heterocycles. The number of nitrogens with one attached hydrogen (secondary N) is 1. The Labute approximate surface area is 150 Å². The third-order valence-electron chi connectivity index (χ3n) is 3.54. The number of hydrogen-bond acceptors (Lipinski definition) is 4. The van der Waals surface area contributed by atoms with Crippen LogP contribution in [-0.4, -0.2) is 28.9 Å². The molecular weight excluding hydrogens is 374 g/mol. The first-order valence-corrected chi connectivity index (χ1v) is 8.63. The molecule has 0 unspecified atom stereocenters. The minimum absolute atomic E-state index is 0.225. The summed E-state index contributed by atoms with van der Waals surface area (Å²) < 4.78 is 13.5. The third-order valence-corrected chi connectivity index (χ3v) is 4.49. The average molecular weight is 396 g/mol. The highest BCUT2D eigenvalue weighted by atomic mass is 79.9. The zero-order valence-corrected chi connectivity index (χ0v) is 15.9. The van der Waals surface area contributed by atoms with Crippen molar-refractivity contribution in [3.63, 3.8) is 0 Å². The molecule has 1 aromatic carbocycles. The highest BCUT2D eigenvalue weighted by Crippen LogP contribution is 2.28. The number of halogens is 1. The topological polar surface area (TPSA) is 65.4 Å². The van der Waals surface area contributed by atoms with Crippen molar-refractivity contribution in [2.75, 3.05) is 13.2 Å². The standard InChI is InChI=1S/C17H22BrN3O3/c1-5-23-13-8-7-12(9-14(13)24-6-2)10-19-17(22)16-15(18)11(3)21(4)20-16/h7-9H,5-6,10H2,1-4H3,(H,19,22). The normalized spacial score (nSPS) is 10.5. The Morgan fingerprint density at radius 2 is 1.92 bits per heavy atom. The molecular formula is C17H22BrN3O3. The molecule has 0 fully saturated rings. The van der Waals surface area contributed by atoms with Crippen molar-refractivity contribution >= 4 is 21.8 Å². The van der Waals surface area contributed by atoms with Gasteiger partial charge in [0, 0.05) is 13.6 Å². The molecule has 0 spiro atoms. The van der Waals surface area contributed by atoms with Gasteiger partial charge in [0.2, 0.25) is 0 Å². The van der Waals surface area contributed by atoms with E-state index in [1.807, 2.05) is 39.0 Å². The summed E-state index contributed by atoms with van der Waals surface area (Å²) in [5, 5.41) is 7.10. The largest absolute Gasteiger partial charge is 0.490 e. The first kappa shape index (κ1) is 18.3. The molecule has 1 amide bonds. The molecule has 130 valence electrons. The molecule has 0 aliphatic heterocycles. The Bertz CT molecular complexity index is 728. The van der Waals surface area contributed by atoms with E-state index in [-0.39, 0.29) is 5.91 Å². The molecule has 2 aromatic rings. The molecule has 0 saturated heterocycles. The number of amides is 1. The van der Waals surface area contributed by atoms with Gasteiger partial charge >= 0.3 is 0 Å². The Kier molecular flexibility index (Phi) is 6.25. The number of carbonyl (C=O) groups excluding carboxylic acids is 1. The lowest BCUT2D eigenvalue weighted by atomic mass is 10.2. The summed E-state index contributed by atoms with van der Waals surface area (Å²) in [5.74, 6) is 1.16. The summed E-state index contributed by atoms with van der Waals surface area (Å²) in [5.41, 5.74) is 2.21. The summed E-state index contributed by atoms with van der Waals surface area (Å²) in [6, 6.07) is 5.65. The Morgan fingerprint density at radius 3 is 2.50 bits per heavy atom. The van der Waals surface area contributed by atoms with E-state index in [1.165, 1.54) is 0 Å². The van der Waals surface area contributed by atoms with Crippen LogP contribution in [0.3, 0.4) is 0 Å². The van der Waals surface area contributed by atoms with Gasteiger partial charge in [0.25, 0.3) is 5.91 Å². The molecule has 0 bridgehead atoms. The molecule has 0 atom stereocenters. The number of carbonyl (C=O) groups is 1. The van der Waals surface area contributed by atoms with Gasteiger partial charge in [-0.15, -0.1) is 0 Å². The molecule has 1 aromatic heterocycles. The molecule has 1 N–H and O–H groups in total. The van der Waals surface area contributed by atoms with E-state index in [2.05, 4.69) is 26.3 Å². The van der Waals surface area contributed by atoms with E-state index in [4.69, 9.17) is 9.47 Å².